The fourth-order valence-electron chi connectivity index (χ4n) is 1.88. The molecule has 1 aromatic carbocycles. The minimum atomic E-state index is -0.0198. The van der Waals surface area contributed by atoms with Crippen molar-refractivity contribution in [1.29, 1.82) is 0 Å². The van der Waals surface area contributed by atoms with Gasteiger partial charge in [-0.25, -0.2) is 0 Å². The Bertz CT molecular complexity index is 405. The molecule has 0 fully saturated rings. The summed E-state index contributed by atoms with van der Waals surface area (Å²) in [5.41, 5.74) is 7.33. The van der Waals surface area contributed by atoms with Gasteiger partial charge in [-0.2, -0.15) is 0 Å². The second kappa shape index (κ2) is 9.50. The SMILES string of the molecule is CC(C)OCCCCNC(=O)c1cccc(CCN)c1. The van der Waals surface area contributed by atoms with Gasteiger partial charge in [-0.3, -0.25) is 4.79 Å². The number of carbonyl (C=O) groups is 1. The minimum absolute atomic E-state index is 0.0198. The first-order valence-corrected chi connectivity index (χ1v) is 7.32. The van der Waals surface area contributed by atoms with Gasteiger partial charge in [0, 0.05) is 18.7 Å². The fourth-order valence-corrected chi connectivity index (χ4v) is 1.88. The van der Waals surface area contributed by atoms with Crippen molar-refractivity contribution in [2.24, 2.45) is 5.73 Å². The van der Waals surface area contributed by atoms with Crippen LogP contribution < -0.4 is 11.1 Å². The Morgan fingerprint density at radius 3 is 2.85 bits per heavy atom. The van der Waals surface area contributed by atoms with E-state index in [1.54, 1.807) is 0 Å². The maximum absolute atomic E-state index is 12.0. The van der Waals surface area contributed by atoms with Gasteiger partial charge < -0.3 is 15.8 Å². The lowest BCUT2D eigenvalue weighted by Gasteiger charge is -2.08. The number of hydrogen-bond donors (Lipinski definition) is 2. The van der Waals surface area contributed by atoms with Gasteiger partial charge in [-0.05, 0) is 57.4 Å². The molecule has 0 heterocycles. The predicted octanol–water partition coefficient (Wildman–Crippen LogP) is 2.12. The third-order valence-electron chi connectivity index (χ3n) is 2.93. The van der Waals surface area contributed by atoms with Crippen molar-refractivity contribution in [2.45, 2.75) is 39.2 Å². The van der Waals surface area contributed by atoms with Crippen LogP contribution in [0.4, 0.5) is 0 Å². The molecule has 0 saturated heterocycles. The number of rotatable bonds is 9. The van der Waals surface area contributed by atoms with Gasteiger partial charge in [-0.1, -0.05) is 12.1 Å². The molecular weight excluding hydrogens is 252 g/mol. The summed E-state index contributed by atoms with van der Waals surface area (Å²) in [5, 5.41) is 2.93. The minimum Gasteiger partial charge on any atom is -0.379 e. The lowest BCUT2D eigenvalue weighted by molar-refractivity contribution is 0.0754. The summed E-state index contributed by atoms with van der Waals surface area (Å²) in [4.78, 5) is 12.0. The van der Waals surface area contributed by atoms with E-state index in [2.05, 4.69) is 5.32 Å². The lowest BCUT2D eigenvalue weighted by Crippen LogP contribution is -2.24. The zero-order valence-electron chi connectivity index (χ0n) is 12.5. The van der Waals surface area contributed by atoms with Crippen molar-refractivity contribution in [3.8, 4) is 0 Å². The third kappa shape index (κ3) is 6.68. The Morgan fingerprint density at radius 2 is 2.15 bits per heavy atom. The maximum Gasteiger partial charge on any atom is 0.251 e. The zero-order valence-corrected chi connectivity index (χ0v) is 12.5. The molecule has 0 aliphatic heterocycles. The van der Waals surface area contributed by atoms with Gasteiger partial charge in [0.15, 0.2) is 0 Å². The van der Waals surface area contributed by atoms with Gasteiger partial charge in [-0.15, -0.1) is 0 Å². The highest BCUT2D eigenvalue weighted by atomic mass is 16.5. The molecule has 0 radical (unpaired) electrons. The van der Waals surface area contributed by atoms with Crippen molar-refractivity contribution in [2.75, 3.05) is 19.7 Å². The van der Waals surface area contributed by atoms with Crippen LogP contribution in [0, 0.1) is 0 Å². The summed E-state index contributed by atoms with van der Waals surface area (Å²) in [6, 6.07) is 7.63. The molecule has 4 nitrogen and oxygen atoms in total. The van der Waals surface area contributed by atoms with Gasteiger partial charge in [0.1, 0.15) is 0 Å². The van der Waals surface area contributed by atoms with Crippen LogP contribution in [0.1, 0.15) is 42.6 Å². The number of nitrogens with two attached hydrogens (primary N) is 1. The second-order valence-electron chi connectivity index (χ2n) is 5.12. The molecule has 0 unspecified atom stereocenters. The Hall–Kier alpha value is -1.39. The number of unbranched alkanes of at least 4 members (excludes halogenated alkanes) is 1. The standard InChI is InChI=1S/C16H26N2O2/c1-13(2)20-11-4-3-10-18-16(19)15-7-5-6-14(12-15)8-9-17/h5-7,12-13H,3-4,8-11,17H2,1-2H3,(H,18,19). The molecule has 0 saturated carbocycles. The van der Waals surface area contributed by atoms with Crippen molar-refractivity contribution < 1.29 is 9.53 Å². The van der Waals surface area contributed by atoms with Crippen LogP contribution in [-0.2, 0) is 11.2 Å². The largest absolute Gasteiger partial charge is 0.379 e. The summed E-state index contributed by atoms with van der Waals surface area (Å²) < 4.78 is 5.45. The highest BCUT2D eigenvalue weighted by molar-refractivity contribution is 5.94. The van der Waals surface area contributed by atoms with Crippen molar-refractivity contribution >= 4 is 5.91 Å². The monoisotopic (exact) mass is 278 g/mol. The average molecular weight is 278 g/mol. The molecule has 0 bridgehead atoms. The molecule has 1 aromatic rings. The molecular formula is C16H26N2O2. The van der Waals surface area contributed by atoms with E-state index in [0.717, 1.165) is 31.4 Å². The number of amides is 1. The molecule has 112 valence electrons. The molecule has 0 aliphatic carbocycles. The van der Waals surface area contributed by atoms with Crippen LogP contribution in [0.3, 0.4) is 0 Å². The smallest absolute Gasteiger partial charge is 0.251 e. The number of ether oxygens (including phenoxy) is 1. The molecule has 1 rings (SSSR count). The van der Waals surface area contributed by atoms with Crippen LogP contribution in [0.25, 0.3) is 0 Å². The van der Waals surface area contributed by atoms with Crippen LogP contribution in [-0.4, -0.2) is 31.7 Å². The van der Waals surface area contributed by atoms with E-state index < -0.39 is 0 Å². The molecule has 0 aliphatic rings. The van der Waals surface area contributed by atoms with E-state index in [1.807, 2.05) is 38.1 Å². The van der Waals surface area contributed by atoms with Crippen LogP contribution in [0.15, 0.2) is 24.3 Å². The highest BCUT2D eigenvalue weighted by Gasteiger charge is 2.05. The number of hydrogen-bond acceptors (Lipinski definition) is 3. The first-order chi connectivity index (χ1) is 9.63. The van der Waals surface area contributed by atoms with E-state index in [1.165, 1.54) is 0 Å². The molecule has 0 spiro atoms. The number of nitrogens with one attached hydrogen (secondary N) is 1. The maximum atomic E-state index is 12.0. The van der Waals surface area contributed by atoms with E-state index in [0.29, 0.717) is 18.7 Å². The lowest BCUT2D eigenvalue weighted by atomic mass is 10.1. The molecule has 4 heteroatoms. The summed E-state index contributed by atoms with van der Waals surface area (Å²) in [6.07, 6.45) is 2.97. The zero-order chi connectivity index (χ0) is 14.8. The Kier molecular flexibility index (Phi) is 7.92. The summed E-state index contributed by atoms with van der Waals surface area (Å²) in [5.74, 6) is -0.0198. The Balaban J connectivity index is 2.27. The van der Waals surface area contributed by atoms with E-state index in [4.69, 9.17) is 10.5 Å². The van der Waals surface area contributed by atoms with Crippen LogP contribution in [0.2, 0.25) is 0 Å². The Labute approximate surface area is 121 Å². The van der Waals surface area contributed by atoms with Crippen molar-refractivity contribution in [1.82, 2.24) is 5.32 Å². The summed E-state index contributed by atoms with van der Waals surface area (Å²) in [6.45, 7) is 6.08. The molecule has 20 heavy (non-hydrogen) atoms. The molecule has 3 N–H and O–H groups in total. The average Bonchev–Trinajstić information content (AvgIpc) is 2.43. The molecule has 1 amide bonds. The first-order valence-electron chi connectivity index (χ1n) is 7.32. The number of carbonyl (C=O) groups excluding carboxylic acids is 1. The normalized spacial score (nSPS) is 10.8. The van der Waals surface area contributed by atoms with Gasteiger partial charge in [0.25, 0.3) is 5.91 Å². The molecule has 0 atom stereocenters. The van der Waals surface area contributed by atoms with Crippen molar-refractivity contribution in [3.05, 3.63) is 35.4 Å². The van der Waals surface area contributed by atoms with E-state index in [9.17, 15) is 4.79 Å². The van der Waals surface area contributed by atoms with Gasteiger partial charge in [0.2, 0.25) is 0 Å². The van der Waals surface area contributed by atoms with E-state index in [-0.39, 0.29) is 12.0 Å². The second-order valence-corrected chi connectivity index (χ2v) is 5.12. The van der Waals surface area contributed by atoms with Gasteiger partial charge in [0.05, 0.1) is 6.10 Å². The predicted molar refractivity (Wildman–Crippen MR) is 81.9 cm³/mol. The summed E-state index contributed by atoms with van der Waals surface area (Å²) in [7, 11) is 0. The topological polar surface area (TPSA) is 64.3 Å². The van der Waals surface area contributed by atoms with Gasteiger partial charge >= 0.3 is 0 Å². The third-order valence-corrected chi connectivity index (χ3v) is 2.93. The quantitative estimate of drug-likeness (QED) is 0.680. The Morgan fingerprint density at radius 1 is 1.35 bits per heavy atom. The van der Waals surface area contributed by atoms with Crippen LogP contribution in [0.5, 0.6) is 0 Å². The highest BCUT2D eigenvalue weighted by Crippen LogP contribution is 2.05. The van der Waals surface area contributed by atoms with Crippen molar-refractivity contribution in [3.63, 3.8) is 0 Å². The van der Waals surface area contributed by atoms with E-state index >= 15 is 0 Å². The summed E-state index contributed by atoms with van der Waals surface area (Å²) >= 11 is 0. The van der Waals surface area contributed by atoms with Crippen LogP contribution >= 0.6 is 0 Å². The molecule has 0 aromatic heterocycles. The number of benzene rings is 1. The first kappa shape index (κ1) is 16.7. The fraction of sp³-hybridized carbons (Fsp3) is 0.562.